The molecular weight excluding hydrogens is 402 g/mol. The predicted molar refractivity (Wildman–Crippen MR) is 117 cm³/mol. The number of rotatable bonds is 5. The van der Waals surface area contributed by atoms with Crippen LogP contribution in [0.1, 0.15) is 35.2 Å². The average Bonchev–Trinajstić information content (AvgIpc) is 2.74. The molecule has 1 N–H and O–H groups in total. The number of benzene rings is 2. The van der Waals surface area contributed by atoms with Gasteiger partial charge in [-0.1, -0.05) is 41.9 Å². The van der Waals surface area contributed by atoms with E-state index < -0.39 is 11.6 Å². The Bertz CT molecular complexity index is 1210. The van der Waals surface area contributed by atoms with Crippen LogP contribution in [0.5, 0.6) is 11.6 Å². The first kappa shape index (κ1) is 21.2. The first-order valence-corrected chi connectivity index (χ1v) is 9.57. The fraction of sp³-hybridized carbons (Fsp3) is 0.174. The van der Waals surface area contributed by atoms with E-state index >= 15 is 0 Å². The Morgan fingerprint density at radius 1 is 1.27 bits per heavy atom. The van der Waals surface area contributed by atoms with Crippen molar-refractivity contribution in [2.24, 2.45) is 4.99 Å². The van der Waals surface area contributed by atoms with Gasteiger partial charge in [0.15, 0.2) is 0 Å². The highest BCUT2D eigenvalue weighted by Crippen LogP contribution is 2.30. The van der Waals surface area contributed by atoms with E-state index in [2.05, 4.69) is 4.99 Å². The Morgan fingerprint density at radius 2 is 1.97 bits per heavy atom. The molecule has 0 aliphatic heterocycles. The van der Waals surface area contributed by atoms with E-state index in [0.717, 1.165) is 5.56 Å². The summed E-state index contributed by atoms with van der Waals surface area (Å²) in [7, 11) is 1.52. The summed E-state index contributed by atoms with van der Waals surface area (Å²) in [5.74, 6) is 0.267. The van der Waals surface area contributed by atoms with E-state index in [9.17, 15) is 15.2 Å². The van der Waals surface area contributed by atoms with Crippen LogP contribution in [0, 0.1) is 18.3 Å². The molecule has 30 heavy (non-hydrogen) atoms. The molecule has 0 saturated carbocycles. The van der Waals surface area contributed by atoms with E-state index in [-0.39, 0.29) is 11.4 Å². The van der Waals surface area contributed by atoms with Crippen LogP contribution in [-0.4, -0.2) is 23.0 Å². The number of halogens is 1. The molecule has 2 aromatic carbocycles. The first-order valence-electron chi connectivity index (χ1n) is 9.19. The molecule has 152 valence electrons. The maximum Gasteiger partial charge on any atom is 0.272 e. The van der Waals surface area contributed by atoms with Gasteiger partial charge in [-0.25, -0.2) is 0 Å². The molecule has 1 unspecified atom stereocenters. The van der Waals surface area contributed by atoms with Crippen molar-refractivity contribution in [1.82, 2.24) is 4.57 Å². The summed E-state index contributed by atoms with van der Waals surface area (Å²) >= 11 is 6.14. The number of ether oxygens (including phenoxy) is 1. The highest BCUT2D eigenvalue weighted by molar-refractivity contribution is 6.32. The Morgan fingerprint density at radius 3 is 2.57 bits per heavy atom. The smallest absolute Gasteiger partial charge is 0.272 e. The van der Waals surface area contributed by atoms with Gasteiger partial charge < -0.3 is 9.84 Å². The Labute approximate surface area is 179 Å². The monoisotopic (exact) mass is 421 g/mol. The van der Waals surface area contributed by atoms with E-state index in [1.54, 1.807) is 32.0 Å². The fourth-order valence-electron chi connectivity index (χ4n) is 3.21. The lowest BCUT2D eigenvalue weighted by atomic mass is 10.0. The lowest BCUT2D eigenvalue weighted by molar-refractivity contribution is 0.393. The molecule has 0 fully saturated rings. The minimum absolute atomic E-state index is 0.0372. The van der Waals surface area contributed by atoms with Gasteiger partial charge in [-0.3, -0.25) is 14.4 Å². The van der Waals surface area contributed by atoms with Crippen molar-refractivity contribution in [3.63, 3.8) is 0 Å². The van der Waals surface area contributed by atoms with E-state index in [0.29, 0.717) is 27.6 Å². The molecule has 0 aliphatic carbocycles. The summed E-state index contributed by atoms with van der Waals surface area (Å²) < 4.78 is 6.34. The standard InChI is InChI=1S/C23H20ClN3O3/c1-14-18(12-25)22(28)27(15(2)16-7-5-4-6-8-16)23(29)19(14)13-26-17-9-10-21(30-3)20(24)11-17/h4-11,13,15,29H,1-3H3. The third-order valence-corrected chi connectivity index (χ3v) is 5.24. The molecule has 1 atom stereocenters. The molecule has 6 nitrogen and oxygen atoms in total. The molecule has 3 rings (SSSR count). The van der Waals surface area contributed by atoms with Crippen molar-refractivity contribution < 1.29 is 9.84 Å². The van der Waals surface area contributed by atoms with Gasteiger partial charge in [-0.05, 0) is 43.2 Å². The average molecular weight is 422 g/mol. The number of aromatic hydroxyl groups is 1. The van der Waals surface area contributed by atoms with Crippen LogP contribution in [0.4, 0.5) is 5.69 Å². The molecule has 1 heterocycles. The molecule has 7 heteroatoms. The molecule has 0 spiro atoms. The topological polar surface area (TPSA) is 87.6 Å². The molecule has 0 aliphatic rings. The largest absolute Gasteiger partial charge is 0.495 e. The number of methoxy groups -OCH3 is 1. The van der Waals surface area contributed by atoms with Crippen LogP contribution in [0.15, 0.2) is 58.3 Å². The van der Waals surface area contributed by atoms with E-state index in [4.69, 9.17) is 16.3 Å². The lowest BCUT2D eigenvalue weighted by Crippen LogP contribution is -2.28. The molecule has 3 aromatic rings. The number of nitriles is 1. The van der Waals surface area contributed by atoms with Gasteiger partial charge in [0, 0.05) is 6.21 Å². The highest BCUT2D eigenvalue weighted by atomic mass is 35.5. The lowest BCUT2D eigenvalue weighted by Gasteiger charge is -2.20. The number of pyridine rings is 1. The van der Waals surface area contributed by atoms with Crippen LogP contribution >= 0.6 is 11.6 Å². The van der Waals surface area contributed by atoms with Crippen LogP contribution in [0.2, 0.25) is 5.02 Å². The quantitative estimate of drug-likeness (QED) is 0.602. The number of nitrogens with zero attached hydrogens (tertiary/aromatic N) is 3. The van der Waals surface area contributed by atoms with Crippen molar-refractivity contribution in [3.05, 3.63) is 86.2 Å². The summed E-state index contributed by atoms with van der Waals surface area (Å²) in [4.78, 5) is 17.3. The zero-order valence-electron chi connectivity index (χ0n) is 16.8. The minimum Gasteiger partial charge on any atom is -0.495 e. The predicted octanol–water partition coefficient (Wildman–Crippen LogP) is 4.76. The second-order valence-corrected chi connectivity index (χ2v) is 7.10. The summed E-state index contributed by atoms with van der Waals surface area (Å²) in [6, 6.07) is 15.8. The SMILES string of the molecule is COc1ccc(N=Cc2c(C)c(C#N)c(=O)n(C(C)c3ccccc3)c2O)cc1Cl. The first-order chi connectivity index (χ1) is 14.4. The van der Waals surface area contributed by atoms with E-state index in [1.807, 2.05) is 36.4 Å². The third-order valence-electron chi connectivity index (χ3n) is 4.94. The molecule has 0 saturated heterocycles. The minimum atomic E-state index is -0.548. The molecular formula is C23H20ClN3O3. The normalized spacial score (nSPS) is 12.0. The summed E-state index contributed by atoms with van der Waals surface area (Å²) in [6.07, 6.45) is 1.43. The Balaban J connectivity index is 2.14. The summed E-state index contributed by atoms with van der Waals surface area (Å²) in [5, 5.41) is 20.9. The van der Waals surface area contributed by atoms with E-state index in [1.165, 1.54) is 17.9 Å². The van der Waals surface area contributed by atoms with Gasteiger partial charge in [0.1, 0.15) is 17.4 Å². The van der Waals surface area contributed by atoms with Crippen LogP contribution in [0.25, 0.3) is 0 Å². The third kappa shape index (κ3) is 3.93. The van der Waals surface area contributed by atoms with Crippen molar-refractivity contribution in [2.75, 3.05) is 7.11 Å². The second-order valence-electron chi connectivity index (χ2n) is 6.69. The number of aliphatic imine (C=N–C) groups is 1. The second kappa shape index (κ2) is 8.85. The van der Waals surface area contributed by atoms with Crippen molar-refractivity contribution in [1.29, 1.82) is 5.26 Å². The number of hydrogen-bond acceptors (Lipinski definition) is 5. The van der Waals surface area contributed by atoms with Crippen molar-refractivity contribution in [2.45, 2.75) is 19.9 Å². The Kier molecular flexibility index (Phi) is 6.24. The van der Waals surface area contributed by atoms with Gasteiger partial charge in [0.2, 0.25) is 5.88 Å². The maximum atomic E-state index is 12.9. The Hall–Kier alpha value is -3.56. The highest BCUT2D eigenvalue weighted by Gasteiger charge is 2.22. The summed E-state index contributed by atoms with van der Waals surface area (Å²) in [6.45, 7) is 3.40. The zero-order chi connectivity index (χ0) is 21.8. The molecule has 1 aromatic heterocycles. The fourth-order valence-corrected chi connectivity index (χ4v) is 3.46. The molecule has 0 bridgehead atoms. The van der Waals surface area contributed by atoms with Gasteiger partial charge in [-0.15, -0.1) is 0 Å². The van der Waals surface area contributed by atoms with Crippen molar-refractivity contribution in [3.8, 4) is 17.7 Å². The van der Waals surface area contributed by atoms with Gasteiger partial charge in [0.25, 0.3) is 5.56 Å². The van der Waals surface area contributed by atoms with Crippen molar-refractivity contribution >= 4 is 23.5 Å². The zero-order valence-corrected chi connectivity index (χ0v) is 17.5. The van der Waals surface area contributed by atoms with Crippen LogP contribution in [-0.2, 0) is 0 Å². The maximum absolute atomic E-state index is 12.9. The van der Waals surface area contributed by atoms with Gasteiger partial charge in [-0.2, -0.15) is 5.26 Å². The van der Waals surface area contributed by atoms with Crippen LogP contribution in [0.3, 0.4) is 0 Å². The van der Waals surface area contributed by atoms with Crippen LogP contribution < -0.4 is 10.3 Å². The molecule has 0 radical (unpaired) electrons. The summed E-state index contributed by atoms with van der Waals surface area (Å²) in [5.41, 5.74) is 1.43. The van der Waals surface area contributed by atoms with Gasteiger partial charge in [0.05, 0.1) is 29.4 Å². The van der Waals surface area contributed by atoms with Gasteiger partial charge >= 0.3 is 0 Å². The number of aromatic nitrogens is 1. The molecule has 0 amide bonds. The number of hydrogen-bond donors (Lipinski definition) is 1.